The summed E-state index contributed by atoms with van der Waals surface area (Å²) in [6.07, 6.45) is 1.14. The van der Waals surface area contributed by atoms with Gasteiger partial charge >= 0.3 is 0 Å². The Bertz CT molecular complexity index is 820. The fraction of sp³-hybridized carbons (Fsp3) is 0.364. The van der Waals surface area contributed by atoms with Crippen LogP contribution >= 0.6 is 0 Å². The van der Waals surface area contributed by atoms with Gasteiger partial charge in [-0.3, -0.25) is 9.59 Å². The first-order valence-electron chi connectivity index (χ1n) is 9.67. The Morgan fingerprint density at radius 1 is 1.11 bits per heavy atom. The van der Waals surface area contributed by atoms with Gasteiger partial charge in [0, 0.05) is 30.4 Å². The molecule has 1 atom stereocenters. The molecule has 0 aromatic heterocycles. The molecule has 1 aliphatic rings. The highest BCUT2D eigenvalue weighted by Gasteiger charge is 2.35. The van der Waals surface area contributed by atoms with Gasteiger partial charge in [-0.05, 0) is 49.7 Å². The van der Waals surface area contributed by atoms with E-state index < -0.39 is 0 Å². The molecule has 0 aliphatic carbocycles. The number of carbonyl (C=O) groups excluding carboxylic acids is 2. The number of rotatable bonds is 8. The Morgan fingerprint density at radius 3 is 2.61 bits per heavy atom. The monoisotopic (exact) mass is 382 g/mol. The van der Waals surface area contributed by atoms with Crippen LogP contribution in [0, 0.1) is 5.92 Å². The Hall–Kier alpha value is -3.02. The molecule has 1 heterocycles. The maximum atomic E-state index is 12.6. The molecule has 0 radical (unpaired) electrons. The third-order valence-electron chi connectivity index (χ3n) is 4.53. The SMILES string of the molecule is CCCOc1ccc(N2C[C@H](C(=O)Nc3cccc(OCC)c3)CC2=O)cc1. The van der Waals surface area contributed by atoms with Crippen molar-refractivity contribution in [3.05, 3.63) is 48.5 Å². The zero-order valence-electron chi connectivity index (χ0n) is 16.3. The van der Waals surface area contributed by atoms with Gasteiger partial charge in [0.25, 0.3) is 0 Å². The summed E-state index contributed by atoms with van der Waals surface area (Å²) in [5.74, 6) is 0.882. The van der Waals surface area contributed by atoms with Gasteiger partial charge in [-0.15, -0.1) is 0 Å². The largest absolute Gasteiger partial charge is 0.494 e. The summed E-state index contributed by atoms with van der Waals surface area (Å²) in [4.78, 5) is 26.7. The molecule has 2 aromatic carbocycles. The van der Waals surface area contributed by atoms with Gasteiger partial charge in [-0.1, -0.05) is 13.0 Å². The second-order valence-electron chi connectivity index (χ2n) is 6.70. The topological polar surface area (TPSA) is 67.9 Å². The second-order valence-corrected chi connectivity index (χ2v) is 6.70. The second kappa shape index (κ2) is 9.26. The normalized spacial score (nSPS) is 16.1. The average Bonchev–Trinajstić information content (AvgIpc) is 3.09. The van der Waals surface area contributed by atoms with E-state index in [9.17, 15) is 9.59 Å². The van der Waals surface area contributed by atoms with Crippen LogP contribution in [0.3, 0.4) is 0 Å². The minimum Gasteiger partial charge on any atom is -0.494 e. The summed E-state index contributed by atoms with van der Waals surface area (Å²) in [7, 11) is 0. The summed E-state index contributed by atoms with van der Waals surface area (Å²) in [5.41, 5.74) is 1.45. The van der Waals surface area contributed by atoms with Gasteiger partial charge < -0.3 is 19.7 Å². The molecule has 148 valence electrons. The predicted octanol–water partition coefficient (Wildman–Crippen LogP) is 3.87. The molecule has 2 aromatic rings. The first kappa shape index (κ1) is 19.7. The van der Waals surface area contributed by atoms with Gasteiger partial charge in [0.2, 0.25) is 11.8 Å². The van der Waals surface area contributed by atoms with E-state index in [2.05, 4.69) is 12.2 Å². The average molecular weight is 382 g/mol. The van der Waals surface area contributed by atoms with Crippen molar-refractivity contribution in [1.29, 1.82) is 0 Å². The number of carbonyl (C=O) groups is 2. The number of hydrogen-bond acceptors (Lipinski definition) is 4. The van der Waals surface area contributed by atoms with Crippen LogP contribution in [0.5, 0.6) is 11.5 Å². The van der Waals surface area contributed by atoms with Crippen LogP contribution in [-0.4, -0.2) is 31.6 Å². The fourth-order valence-electron chi connectivity index (χ4n) is 3.15. The number of anilines is 2. The van der Waals surface area contributed by atoms with Gasteiger partial charge in [-0.25, -0.2) is 0 Å². The van der Waals surface area contributed by atoms with E-state index in [1.807, 2.05) is 49.4 Å². The van der Waals surface area contributed by atoms with Crippen LogP contribution in [-0.2, 0) is 9.59 Å². The lowest BCUT2D eigenvalue weighted by Gasteiger charge is -2.17. The quantitative estimate of drug-likeness (QED) is 0.753. The van der Waals surface area contributed by atoms with Crippen LogP contribution in [0.2, 0.25) is 0 Å². The summed E-state index contributed by atoms with van der Waals surface area (Å²) in [6, 6.07) is 14.7. The molecule has 1 saturated heterocycles. The number of nitrogens with zero attached hydrogens (tertiary/aromatic N) is 1. The van der Waals surface area contributed by atoms with Crippen LogP contribution in [0.25, 0.3) is 0 Å². The lowest BCUT2D eigenvalue weighted by atomic mass is 10.1. The number of nitrogens with one attached hydrogen (secondary N) is 1. The molecule has 6 heteroatoms. The molecular weight excluding hydrogens is 356 g/mol. The number of ether oxygens (including phenoxy) is 2. The number of amides is 2. The Labute approximate surface area is 165 Å². The van der Waals surface area contributed by atoms with Gasteiger partial charge in [0.05, 0.1) is 19.1 Å². The summed E-state index contributed by atoms with van der Waals surface area (Å²) in [6.45, 7) is 5.55. The van der Waals surface area contributed by atoms with Crippen LogP contribution in [0.15, 0.2) is 48.5 Å². The van der Waals surface area contributed by atoms with Gasteiger partial charge in [0.15, 0.2) is 0 Å². The lowest BCUT2D eigenvalue weighted by molar-refractivity contribution is -0.122. The molecule has 1 fully saturated rings. The maximum Gasteiger partial charge on any atom is 0.229 e. The third-order valence-corrected chi connectivity index (χ3v) is 4.53. The van der Waals surface area contributed by atoms with E-state index in [4.69, 9.17) is 9.47 Å². The molecule has 3 rings (SSSR count). The van der Waals surface area contributed by atoms with E-state index in [1.54, 1.807) is 11.0 Å². The van der Waals surface area contributed by atoms with Crippen molar-refractivity contribution >= 4 is 23.2 Å². The zero-order valence-corrected chi connectivity index (χ0v) is 16.3. The minimum absolute atomic E-state index is 0.0505. The minimum atomic E-state index is -0.390. The standard InChI is InChI=1S/C22H26N2O4/c1-3-12-28-19-10-8-18(9-11-19)24-15-16(13-21(24)25)22(26)23-17-6-5-7-20(14-17)27-4-2/h5-11,14,16H,3-4,12-13,15H2,1-2H3,(H,23,26)/t16-/m1/s1. The summed E-state index contributed by atoms with van der Waals surface area (Å²) >= 11 is 0. The van der Waals surface area contributed by atoms with Crippen molar-refractivity contribution in [2.45, 2.75) is 26.7 Å². The Balaban J connectivity index is 1.62. The maximum absolute atomic E-state index is 12.6. The fourth-order valence-corrected chi connectivity index (χ4v) is 3.15. The van der Waals surface area contributed by atoms with Crippen LogP contribution < -0.4 is 19.7 Å². The van der Waals surface area contributed by atoms with Crippen molar-refractivity contribution in [2.24, 2.45) is 5.92 Å². The Morgan fingerprint density at radius 2 is 1.89 bits per heavy atom. The van der Waals surface area contributed by atoms with Crippen molar-refractivity contribution in [3.8, 4) is 11.5 Å². The van der Waals surface area contributed by atoms with Crippen molar-refractivity contribution in [3.63, 3.8) is 0 Å². The van der Waals surface area contributed by atoms with Gasteiger partial charge in [0.1, 0.15) is 11.5 Å². The molecular formula is C22H26N2O4. The van der Waals surface area contributed by atoms with E-state index in [0.29, 0.717) is 31.2 Å². The predicted molar refractivity (Wildman–Crippen MR) is 109 cm³/mol. The molecule has 2 amide bonds. The van der Waals surface area contributed by atoms with Gasteiger partial charge in [-0.2, -0.15) is 0 Å². The lowest BCUT2D eigenvalue weighted by Crippen LogP contribution is -2.28. The summed E-state index contributed by atoms with van der Waals surface area (Å²) < 4.78 is 11.0. The van der Waals surface area contributed by atoms with Crippen molar-refractivity contribution < 1.29 is 19.1 Å². The third kappa shape index (κ3) is 4.82. The van der Waals surface area contributed by atoms with Crippen molar-refractivity contribution in [1.82, 2.24) is 0 Å². The highest BCUT2D eigenvalue weighted by molar-refractivity contribution is 6.03. The molecule has 0 bridgehead atoms. The first-order valence-corrected chi connectivity index (χ1v) is 9.67. The smallest absolute Gasteiger partial charge is 0.229 e. The molecule has 1 N–H and O–H groups in total. The molecule has 6 nitrogen and oxygen atoms in total. The molecule has 0 spiro atoms. The zero-order chi connectivity index (χ0) is 19.9. The van der Waals surface area contributed by atoms with E-state index in [0.717, 1.165) is 17.9 Å². The van der Waals surface area contributed by atoms with E-state index >= 15 is 0 Å². The molecule has 0 unspecified atom stereocenters. The number of benzene rings is 2. The highest BCUT2D eigenvalue weighted by Crippen LogP contribution is 2.28. The molecule has 0 saturated carbocycles. The summed E-state index contributed by atoms with van der Waals surface area (Å²) in [5, 5.41) is 2.89. The van der Waals surface area contributed by atoms with E-state index in [1.165, 1.54) is 0 Å². The molecule has 1 aliphatic heterocycles. The number of hydrogen-bond donors (Lipinski definition) is 1. The Kier molecular flexibility index (Phi) is 6.53. The van der Waals surface area contributed by atoms with Crippen LogP contribution in [0.4, 0.5) is 11.4 Å². The molecule has 28 heavy (non-hydrogen) atoms. The van der Waals surface area contributed by atoms with Crippen molar-refractivity contribution in [2.75, 3.05) is 30.0 Å². The van der Waals surface area contributed by atoms with Crippen LogP contribution in [0.1, 0.15) is 26.7 Å². The van der Waals surface area contributed by atoms with E-state index in [-0.39, 0.29) is 24.2 Å². The first-order chi connectivity index (χ1) is 13.6. The highest BCUT2D eigenvalue weighted by atomic mass is 16.5.